The van der Waals surface area contributed by atoms with E-state index < -0.39 is 0 Å². The Kier molecular flexibility index (Phi) is 3.13. The van der Waals surface area contributed by atoms with Crippen molar-refractivity contribution in [2.75, 3.05) is 0 Å². The first-order valence-corrected chi connectivity index (χ1v) is 6.32. The lowest BCUT2D eigenvalue weighted by Crippen LogP contribution is -2.04. The first-order chi connectivity index (χ1) is 9.74. The van der Waals surface area contributed by atoms with E-state index in [1.165, 1.54) is 0 Å². The molecule has 0 saturated carbocycles. The maximum absolute atomic E-state index is 12.3. The van der Waals surface area contributed by atoms with E-state index in [0.717, 1.165) is 11.4 Å². The molecule has 0 radical (unpaired) electrons. The molecule has 0 unspecified atom stereocenters. The van der Waals surface area contributed by atoms with Gasteiger partial charge in [0.2, 0.25) is 5.78 Å². The average molecular weight is 263 g/mol. The van der Waals surface area contributed by atoms with Gasteiger partial charge in [0, 0.05) is 23.7 Å². The molecule has 0 spiro atoms. The Morgan fingerprint density at radius 3 is 2.55 bits per heavy atom. The minimum Gasteiger partial charge on any atom is -0.287 e. The summed E-state index contributed by atoms with van der Waals surface area (Å²) >= 11 is 0. The third-order valence-corrected chi connectivity index (χ3v) is 3.02. The summed E-state index contributed by atoms with van der Waals surface area (Å²) < 4.78 is 1.69. The van der Waals surface area contributed by atoms with Gasteiger partial charge in [-0.1, -0.05) is 18.2 Å². The van der Waals surface area contributed by atoms with Crippen LogP contribution in [0.5, 0.6) is 0 Å². The number of aromatic nitrogens is 3. The highest BCUT2D eigenvalue weighted by Gasteiger charge is 2.12. The van der Waals surface area contributed by atoms with Gasteiger partial charge in [0.25, 0.3) is 0 Å². The number of para-hydroxylation sites is 1. The predicted molar refractivity (Wildman–Crippen MR) is 76.0 cm³/mol. The van der Waals surface area contributed by atoms with E-state index >= 15 is 0 Å². The van der Waals surface area contributed by atoms with Gasteiger partial charge < -0.3 is 0 Å². The topological polar surface area (TPSA) is 47.8 Å². The summed E-state index contributed by atoms with van der Waals surface area (Å²) in [6.07, 6.45) is 3.36. The van der Waals surface area contributed by atoms with Gasteiger partial charge >= 0.3 is 0 Å². The lowest BCUT2D eigenvalue weighted by Gasteiger charge is -2.00. The average Bonchev–Trinajstić information content (AvgIpc) is 2.98. The van der Waals surface area contributed by atoms with Gasteiger partial charge in [-0.2, -0.15) is 5.10 Å². The number of rotatable bonds is 3. The molecule has 20 heavy (non-hydrogen) atoms. The van der Waals surface area contributed by atoms with Crippen molar-refractivity contribution in [3.8, 4) is 5.69 Å². The molecule has 0 aliphatic rings. The number of nitrogens with zero attached hydrogens (tertiary/aromatic N) is 3. The van der Waals surface area contributed by atoms with E-state index in [1.54, 1.807) is 29.2 Å². The molecule has 2 aromatic heterocycles. The number of pyridine rings is 1. The van der Waals surface area contributed by atoms with Crippen molar-refractivity contribution >= 4 is 5.78 Å². The van der Waals surface area contributed by atoms with Crippen molar-refractivity contribution < 1.29 is 4.79 Å². The van der Waals surface area contributed by atoms with Gasteiger partial charge in [-0.25, -0.2) is 4.68 Å². The van der Waals surface area contributed by atoms with E-state index in [-0.39, 0.29) is 5.78 Å². The first kappa shape index (κ1) is 12.3. The van der Waals surface area contributed by atoms with Crippen LogP contribution in [0.1, 0.15) is 21.7 Å². The Labute approximate surface area is 116 Å². The molecule has 2 heterocycles. The van der Waals surface area contributed by atoms with Crippen molar-refractivity contribution in [1.29, 1.82) is 0 Å². The monoisotopic (exact) mass is 263 g/mol. The smallest absolute Gasteiger partial charge is 0.214 e. The molecule has 1 aromatic carbocycles. The van der Waals surface area contributed by atoms with Gasteiger partial charge in [-0.3, -0.25) is 9.78 Å². The molecule has 0 N–H and O–H groups in total. The van der Waals surface area contributed by atoms with Crippen molar-refractivity contribution in [2.24, 2.45) is 0 Å². The first-order valence-electron chi connectivity index (χ1n) is 6.32. The summed E-state index contributed by atoms with van der Waals surface area (Å²) in [4.78, 5) is 16.4. The highest BCUT2D eigenvalue weighted by atomic mass is 16.1. The maximum atomic E-state index is 12.3. The Hall–Kier alpha value is -2.75. The predicted octanol–water partition coefficient (Wildman–Crippen LogP) is 2.81. The zero-order valence-electron chi connectivity index (χ0n) is 11.0. The summed E-state index contributed by atoms with van der Waals surface area (Å²) in [6, 6.07) is 15.0. The van der Waals surface area contributed by atoms with Crippen LogP contribution in [0, 0.1) is 6.92 Å². The molecule has 0 amide bonds. The highest BCUT2D eigenvalue weighted by molar-refractivity contribution is 6.07. The fourth-order valence-electron chi connectivity index (χ4n) is 1.92. The van der Waals surface area contributed by atoms with Crippen molar-refractivity contribution in [1.82, 2.24) is 14.8 Å². The number of carbonyl (C=O) groups excluding carboxylic acids is 1. The zero-order valence-corrected chi connectivity index (χ0v) is 11.0. The quantitative estimate of drug-likeness (QED) is 0.683. The van der Waals surface area contributed by atoms with Crippen molar-refractivity contribution in [3.63, 3.8) is 0 Å². The van der Waals surface area contributed by atoms with Gasteiger partial charge in [0.05, 0.1) is 5.69 Å². The Bertz CT molecular complexity index is 730. The van der Waals surface area contributed by atoms with Crippen molar-refractivity contribution in [2.45, 2.75) is 6.92 Å². The second kappa shape index (κ2) is 5.09. The van der Waals surface area contributed by atoms with Gasteiger partial charge in [0.1, 0.15) is 5.69 Å². The minimum atomic E-state index is -0.118. The SMILES string of the molecule is Cc1ccc(C(=O)c2ccn(-c3ccccc3)n2)cn1. The van der Waals surface area contributed by atoms with Crippen LogP contribution in [0.15, 0.2) is 60.9 Å². The lowest BCUT2D eigenvalue weighted by atomic mass is 10.1. The molecule has 0 bridgehead atoms. The minimum absolute atomic E-state index is 0.118. The largest absolute Gasteiger partial charge is 0.287 e. The van der Waals surface area contributed by atoms with Gasteiger partial charge in [-0.15, -0.1) is 0 Å². The number of carbonyl (C=O) groups is 1. The molecule has 0 saturated heterocycles. The Morgan fingerprint density at radius 1 is 1.05 bits per heavy atom. The molecule has 0 atom stereocenters. The molecule has 3 aromatic rings. The van der Waals surface area contributed by atoms with Crippen LogP contribution >= 0.6 is 0 Å². The number of hydrogen-bond donors (Lipinski definition) is 0. The van der Waals surface area contributed by atoms with Crippen molar-refractivity contribution in [3.05, 3.63) is 77.9 Å². The van der Waals surface area contributed by atoms with Crippen LogP contribution in [0.4, 0.5) is 0 Å². The van der Waals surface area contributed by atoms with Crippen LogP contribution in [0.2, 0.25) is 0 Å². The maximum Gasteiger partial charge on any atom is 0.214 e. The summed E-state index contributed by atoms with van der Waals surface area (Å²) in [5.41, 5.74) is 2.78. The van der Waals surface area contributed by atoms with Crippen LogP contribution < -0.4 is 0 Å². The molecule has 4 heteroatoms. The van der Waals surface area contributed by atoms with E-state index in [9.17, 15) is 4.79 Å². The number of hydrogen-bond acceptors (Lipinski definition) is 3. The standard InChI is InChI=1S/C16H13N3O/c1-12-7-8-13(11-17-12)16(20)15-9-10-19(18-15)14-5-3-2-4-6-14/h2-11H,1H3. The number of ketones is 1. The fourth-order valence-corrected chi connectivity index (χ4v) is 1.92. The molecule has 3 rings (SSSR count). The third kappa shape index (κ3) is 2.36. The van der Waals surface area contributed by atoms with E-state index in [1.807, 2.05) is 43.3 Å². The summed E-state index contributed by atoms with van der Waals surface area (Å²) in [5.74, 6) is -0.118. The highest BCUT2D eigenvalue weighted by Crippen LogP contribution is 2.11. The lowest BCUT2D eigenvalue weighted by molar-refractivity contribution is 0.103. The number of benzene rings is 1. The van der Waals surface area contributed by atoms with Crippen LogP contribution in [-0.2, 0) is 0 Å². The van der Waals surface area contributed by atoms with E-state index in [2.05, 4.69) is 10.1 Å². The summed E-state index contributed by atoms with van der Waals surface area (Å²) in [6.45, 7) is 1.89. The van der Waals surface area contributed by atoms with Crippen LogP contribution in [0.3, 0.4) is 0 Å². The summed E-state index contributed by atoms with van der Waals surface area (Å²) in [5, 5.41) is 4.32. The zero-order chi connectivity index (χ0) is 13.9. The normalized spacial score (nSPS) is 10.4. The molecule has 0 fully saturated rings. The van der Waals surface area contributed by atoms with E-state index in [0.29, 0.717) is 11.3 Å². The third-order valence-electron chi connectivity index (χ3n) is 3.02. The second-order valence-corrected chi connectivity index (χ2v) is 4.50. The van der Waals surface area contributed by atoms with E-state index in [4.69, 9.17) is 0 Å². The molecular weight excluding hydrogens is 250 g/mol. The van der Waals surface area contributed by atoms with Crippen LogP contribution in [0.25, 0.3) is 5.69 Å². The van der Waals surface area contributed by atoms with Gasteiger partial charge in [-0.05, 0) is 37.3 Å². The molecule has 0 aliphatic carbocycles. The molecular formula is C16H13N3O. The molecule has 4 nitrogen and oxygen atoms in total. The second-order valence-electron chi connectivity index (χ2n) is 4.50. The van der Waals surface area contributed by atoms with Gasteiger partial charge in [0.15, 0.2) is 0 Å². The Balaban J connectivity index is 1.90. The summed E-state index contributed by atoms with van der Waals surface area (Å²) in [7, 11) is 0. The number of aryl methyl sites for hydroxylation is 1. The Morgan fingerprint density at radius 2 is 1.85 bits per heavy atom. The molecule has 98 valence electrons. The van der Waals surface area contributed by atoms with Crippen LogP contribution in [-0.4, -0.2) is 20.5 Å². The fraction of sp³-hybridized carbons (Fsp3) is 0.0625. The molecule has 0 aliphatic heterocycles.